The highest BCUT2D eigenvalue weighted by atomic mass is 16.3. The number of amides is 1. The number of likely N-dealkylation sites (tertiary alicyclic amines) is 1. The minimum Gasteiger partial charge on any atom is -0.391 e. The predicted octanol–water partition coefficient (Wildman–Crippen LogP) is 0.633. The molecule has 21 heavy (non-hydrogen) atoms. The number of β-amino-alcohol motifs (C(OH)–C–C–N with tert-alkyl or cyclic N) is 1. The molecule has 2 heterocycles. The Balaban J connectivity index is 1.65. The molecule has 5 nitrogen and oxygen atoms in total. The van der Waals surface area contributed by atoms with E-state index in [4.69, 9.17) is 0 Å². The van der Waals surface area contributed by atoms with Crippen LogP contribution >= 0.6 is 0 Å². The largest absolute Gasteiger partial charge is 0.391 e. The lowest BCUT2D eigenvalue weighted by atomic mass is 9.89. The number of aliphatic hydroxyl groups excluding tert-OH is 1. The number of aliphatic hydroxyl groups is 1. The van der Waals surface area contributed by atoms with Gasteiger partial charge in [-0.2, -0.15) is 0 Å². The highest BCUT2D eigenvalue weighted by Crippen LogP contribution is 2.20. The highest BCUT2D eigenvalue weighted by Gasteiger charge is 2.27. The average Bonchev–Trinajstić information content (AvgIpc) is 2.82. The number of carbonyl (C=O) groups is 1. The lowest BCUT2D eigenvalue weighted by molar-refractivity contribution is -0.127. The average molecular weight is 297 g/mol. The number of rotatable bonds is 5. The first-order chi connectivity index (χ1) is 9.86. The van der Waals surface area contributed by atoms with Gasteiger partial charge in [-0.25, -0.2) is 0 Å². The van der Waals surface area contributed by atoms with E-state index in [0.29, 0.717) is 5.91 Å². The first kappa shape index (κ1) is 16.7. The van der Waals surface area contributed by atoms with Gasteiger partial charge in [0.15, 0.2) is 0 Å². The van der Waals surface area contributed by atoms with Gasteiger partial charge < -0.3 is 10.0 Å². The minimum absolute atomic E-state index is 0.0484. The Kier molecular flexibility index (Phi) is 5.63. The van der Waals surface area contributed by atoms with E-state index in [9.17, 15) is 9.90 Å². The fourth-order valence-electron chi connectivity index (χ4n) is 2.92. The first-order valence-electron chi connectivity index (χ1n) is 8.27. The maximum Gasteiger partial charge on any atom is 0.222 e. The van der Waals surface area contributed by atoms with E-state index in [1.807, 2.05) is 4.90 Å². The Hall–Kier alpha value is -0.650. The molecule has 2 aliphatic rings. The Morgan fingerprint density at radius 3 is 2.19 bits per heavy atom. The van der Waals surface area contributed by atoms with Gasteiger partial charge in [0, 0.05) is 58.8 Å². The lowest BCUT2D eigenvalue weighted by Crippen LogP contribution is -2.51. The Morgan fingerprint density at radius 1 is 1.05 bits per heavy atom. The smallest absolute Gasteiger partial charge is 0.222 e. The van der Waals surface area contributed by atoms with Gasteiger partial charge >= 0.3 is 0 Å². The van der Waals surface area contributed by atoms with Gasteiger partial charge in [-0.3, -0.25) is 14.6 Å². The van der Waals surface area contributed by atoms with Crippen LogP contribution in [0.25, 0.3) is 0 Å². The minimum atomic E-state index is -0.272. The lowest BCUT2D eigenvalue weighted by Gasteiger charge is -2.38. The molecule has 1 amide bonds. The fourth-order valence-corrected chi connectivity index (χ4v) is 2.92. The third-order valence-corrected chi connectivity index (χ3v) is 4.75. The molecule has 2 saturated heterocycles. The summed E-state index contributed by atoms with van der Waals surface area (Å²) >= 11 is 0. The van der Waals surface area contributed by atoms with Crippen molar-refractivity contribution in [3.05, 3.63) is 0 Å². The van der Waals surface area contributed by atoms with Gasteiger partial charge in [-0.1, -0.05) is 20.8 Å². The van der Waals surface area contributed by atoms with Crippen molar-refractivity contribution in [2.45, 2.75) is 39.7 Å². The number of piperazine rings is 1. The molecule has 1 atom stereocenters. The van der Waals surface area contributed by atoms with E-state index in [1.165, 1.54) is 0 Å². The normalized spacial score (nSPS) is 23.8. The van der Waals surface area contributed by atoms with Crippen LogP contribution in [0.3, 0.4) is 0 Å². The third-order valence-electron chi connectivity index (χ3n) is 4.75. The van der Waals surface area contributed by atoms with E-state index in [0.717, 1.165) is 65.2 Å². The summed E-state index contributed by atoms with van der Waals surface area (Å²) in [5.41, 5.74) is -0.0484. The molecule has 0 saturated carbocycles. The van der Waals surface area contributed by atoms with Crippen molar-refractivity contribution in [2.75, 3.05) is 52.4 Å². The summed E-state index contributed by atoms with van der Waals surface area (Å²) in [6.45, 7) is 13.9. The maximum absolute atomic E-state index is 11.6. The van der Waals surface area contributed by atoms with Crippen LogP contribution in [0.1, 0.15) is 33.6 Å². The molecule has 0 aromatic carbocycles. The van der Waals surface area contributed by atoms with E-state index in [1.54, 1.807) is 0 Å². The van der Waals surface area contributed by atoms with Gasteiger partial charge in [0.1, 0.15) is 0 Å². The van der Waals surface area contributed by atoms with Gasteiger partial charge in [-0.15, -0.1) is 0 Å². The monoisotopic (exact) mass is 297 g/mol. The summed E-state index contributed by atoms with van der Waals surface area (Å²) in [7, 11) is 0. The zero-order valence-corrected chi connectivity index (χ0v) is 13.8. The molecule has 2 fully saturated rings. The van der Waals surface area contributed by atoms with E-state index >= 15 is 0 Å². The van der Waals surface area contributed by atoms with Crippen molar-refractivity contribution >= 4 is 5.91 Å². The van der Waals surface area contributed by atoms with Crippen LogP contribution in [0.2, 0.25) is 0 Å². The molecule has 122 valence electrons. The second-order valence-corrected chi connectivity index (χ2v) is 7.51. The molecule has 5 heteroatoms. The van der Waals surface area contributed by atoms with Crippen molar-refractivity contribution in [1.29, 1.82) is 0 Å². The fraction of sp³-hybridized carbons (Fsp3) is 0.938. The SMILES string of the molecule is CC(C)(C)C(O)CN1CCN(CCN2CCCC2=O)CC1. The zero-order chi connectivity index (χ0) is 15.5. The molecular weight excluding hydrogens is 266 g/mol. The molecule has 1 unspecified atom stereocenters. The number of nitrogens with zero attached hydrogens (tertiary/aromatic N) is 3. The van der Waals surface area contributed by atoms with Crippen LogP contribution in [0.5, 0.6) is 0 Å². The van der Waals surface area contributed by atoms with E-state index in [2.05, 4.69) is 30.6 Å². The molecule has 0 aromatic heterocycles. The zero-order valence-electron chi connectivity index (χ0n) is 13.8. The summed E-state index contributed by atoms with van der Waals surface area (Å²) in [5, 5.41) is 10.2. The summed E-state index contributed by atoms with van der Waals surface area (Å²) in [6.07, 6.45) is 1.49. The van der Waals surface area contributed by atoms with Crippen molar-refractivity contribution < 1.29 is 9.90 Å². The van der Waals surface area contributed by atoms with Gasteiger partial charge in [-0.05, 0) is 11.8 Å². The topological polar surface area (TPSA) is 47.0 Å². The van der Waals surface area contributed by atoms with Crippen molar-refractivity contribution in [3.63, 3.8) is 0 Å². The van der Waals surface area contributed by atoms with Gasteiger partial charge in [0.05, 0.1) is 6.10 Å². The van der Waals surface area contributed by atoms with E-state index in [-0.39, 0.29) is 11.5 Å². The summed E-state index contributed by atoms with van der Waals surface area (Å²) in [6, 6.07) is 0. The molecule has 0 aromatic rings. The van der Waals surface area contributed by atoms with Crippen LogP contribution in [-0.2, 0) is 4.79 Å². The molecule has 2 aliphatic heterocycles. The van der Waals surface area contributed by atoms with Crippen LogP contribution < -0.4 is 0 Å². The molecule has 0 radical (unpaired) electrons. The predicted molar refractivity (Wildman–Crippen MR) is 84.2 cm³/mol. The Morgan fingerprint density at radius 2 is 1.67 bits per heavy atom. The maximum atomic E-state index is 11.6. The number of carbonyl (C=O) groups excluding carboxylic acids is 1. The van der Waals surface area contributed by atoms with Crippen molar-refractivity contribution in [1.82, 2.24) is 14.7 Å². The number of hydrogen-bond donors (Lipinski definition) is 1. The second-order valence-electron chi connectivity index (χ2n) is 7.51. The molecule has 0 spiro atoms. The van der Waals surface area contributed by atoms with Crippen molar-refractivity contribution in [2.24, 2.45) is 5.41 Å². The van der Waals surface area contributed by atoms with Gasteiger partial charge in [0.2, 0.25) is 5.91 Å². The van der Waals surface area contributed by atoms with Crippen LogP contribution in [0, 0.1) is 5.41 Å². The summed E-state index contributed by atoms with van der Waals surface area (Å²) in [4.78, 5) is 18.4. The Bertz CT molecular complexity index is 346. The van der Waals surface area contributed by atoms with Gasteiger partial charge in [0.25, 0.3) is 0 Å². The third kappa shape index (κ3) is 4.94. The van der Waals surface area contributed by atoms with E-state index < -0.39 is 0 Å². The van der Waals surface area contributed by atoms with Crippen LogP contribution in [0.4, 0.5) is 0 Å². The number of hydrogen-bond acceptors (Lipinski definition) is 4. The van der Waals surface area contributed by atoms with Crippen LogP contribution in [-0.4, -0.2) is 84.2 Å². The molecule has 2 rings (SSSR count). The first-order valence-corrected chi connectivity index (χ1v) is 8.27. The quantitative estimate of drug-likeness (QED) is 0.809. The second kappa shape index (κ2) is 7.07. The molecular formula is C16H31N3O2. The molecule has 0 bridgehead atoms. The molecule has 0 aliphatic carbocycles. The van der Waals surface area contributed by atoms with Crippen molar-refractivity contribution in [3.8, 4) is 0 Å². The standard InChI is InChI=1S/C16H31N3O2/c1-16(2,3)14(20)13-18-9-7-17(8-10-18)11-12-19-6-4-5-15(19)21/h14,20H,4-13H2,1-3H3. The summed E-state index contributed by atoms with van der Waals surface area (Å²) in [5.74, 6) is 0.321. The Labute approximate surface area is 128 Å². The molecule has 1 N–H and O–H groups in total. The summed E-state index contributed by atoms with van der Waals surface area (Å²) < 4.78 is 0. The van der Waals surface area contributed by atoms with Crippen LogP contribution in [0.15, 0.2) is 0 Å². The highest BCUT2D eigenvalue weighted by molar-refractivity contribution is 5.78.